The number of anilines is 1. The summed E-state index contributed by atoms with van der Waals surface area (Å²) in [6.45, 7) is 4.41. The summed E-state index contributed by atoms with van der Waals surface area (Å²) in [6, 6.07) is 3.22. The Balaban J connectivity index is 2.56. The highest BCUT2D eigenvalue weighted by Gasteiger charge is 2.13. The summed E-state index contributed by atoms with van der Waals surface area (Å²) in [5.41, 5.74) is 0.698. The van der Waals surface area contributed by atoms with Crippen LogP contribution in [0.3, 0.4) is 0 Å². The van der Waals surface area contributed by atoms with Crippen LogP contribution in [0, 0.1) is 0 Å². The van der Waals surface area contributed by atoms with Crippen LogP contribution in [0.25, 0.3) is 0 Å². The second-order valence-corrected chi connectivity index (χ2v) is 3.55. The van der Waals surface area contributed by atoms with Gasteiger partial charge in [0, 0.05) is 31.2 Å². The van der Waals surface area contributed by atoms with Crippen LogP contribution in [0.4, 0.5) is 10.5 Å². The summed E-state index contributed by atoms with van der Waals surface area (Å²) in [5.74, 6) is 0. The lowest BCUT2D eigenvalue weighted by molar-refractivity contribution is 0.141. The Hall–Kier alpha value is -1.62. The third-order valence-corrected chi connectivity index (χ3v) is 2.09. The molecule has 1 unspecified atom stereocenters. The first kappa shape index (κ1) is 12.4. The molecule has 5 heteroatoms. The van der Waals surface area contributed by atoms with Gasteiger partial charge in [0.15, 0.2) is 0 Å². The molecule has 1 rings (SSSR count). The number of pyridine rings is 1. The summed E-state index contributed by atoms with van der Waals surface area (Å²) in [5, 5.41) is 12.0. The SMILES string of the molecule is CCN(CC(C)O)C(=O)Nc1ccncc1. The Bertz CT molecular complexity index is 327. The van der Waals surface area contributed by atoms with Crippen LogP contribution >= 0.6 is 0 Å². The fourth-order valence-corrected chi connectivity index (χ4v) is 1.31. The van der Waals surface area contributed by atoms with Crippen LogP contribution in [-0.4, -0.2) is 40.2 Å². The minimum Gasteiger partial charge on any atom is -0.392 e. The van der Waals surface area contributed by atoms with Crippen molar-refractivity contribution in [2.24, 2.45) is 0 Å². The Labute approximate surface area is 95.1 Å². The van der Waals surface area contributed by atoms with Gasteiger partial charge in [0.1, 0.15) is 0 Å². The zero-order chi connectivity index (χ0) is 12.0. The summed E-state index contributed by atoms with van der Waals surface area (Å²) in [7, 11) is 0. The van der Waals surface area contributed by atoms with Gasteiger partial charge in [-0.15, -0.1) is 0 Å². The van der Waals surface area contributed by atoms with Gasteiger partial charge in [0.2, 0.25) is 0 Å². The average Bonchev–Trinajstić information content (AvgIpc) is 2.26. The van der Waals surface area contributed by atoms with Gasteiger partial charge in [-0.25, -0.2) is 4.79 Å². The van der Waals surface area contributed by atoms with Crippen LogP contribution in [0.2, 0.25) is 0 Å². The molecule has 1 aromatic heterocycles. The number of hydrogen-bond acceptors (Lipinski definition) is 3. The number of rotatable bonds is 4. The number of aromatic nitrogens is 1. The van der Waals surface area contributed by atoms with E-state index >= 15 is 0 Å². The standard InChI is InChI=1S/C11H17N3O2/c1-3-14(8-9(2)15)11(16)13-10-4-6-12-7-5-10/h4-7,9,15H,3,8H2,1-2H3,(H,12,13,16). The molecule has 1 heterocycles. The zero-order valence-electron chi connectivity index (χ0n) is 9.55. The molecule has 1 aromatic rings. The fourth-order valence-electron chi connectivity index (χ4n) is 1.31. The van der Waals surface area contributed by atoms with E-state index in [-0.39, 0.29) is 6.03 Å². The van der Waals surface area contributed by atoms with E-state index in [4.69, 9.17) is 0 Å². The van der Waals surface area contributed by atoms with Crippen molar-refractivity contribution >= 4 is 11.7 Å². The second kappa shape index (κ2) is 6.07. The van der Waals surface area contributed by atoms with E-state index in [1.807, 2.05) is 6.92 Å². The van der Waals surface area contributed by atoms with E-state index in [1.54, 1.807) is 36.4 Å². The number of carbonyl (C=O) groups is 1. The molecule has 0 aliphatic heterocycles. The maximum atomic E-state index is 11.8. The van der Waals surface area contributed by atoms with Crippen LogP contribution in [0.5, 0.6) is 0 Å². The van der Waals surface area contributed by atoms with Crippen LogP contribution in [-0.2, 0) is 0 Å². The highest BCUT2D eigenvalue weighted by Crippen LogP contribution is 2.05. The molecule has 0 aliphatic rings. The van der Waals surface area contributed by atoms with Crippen molar-refractivity contribution in [3.8, 4) is 0 Å². The van der Waals surface area contributed by atoms with Crippen molar-refractivity contribution in [3.05, 3.63) is 24.5 Å². The third-order valence-electron chi connectivity index (χ3n) is 2.09. The molecule has 16 heavy (non-hydrogen) atoms. The van der Waals surface area contributed by atoms with E-state index in [9.17, 15) is 9.90 Å². The molecule has 0 aromatic carbocycles. The van der Waals surface area contributed by atoms with Crippen LogP contribution in [0.1, 0.15) is 13.8 Å². The van der Waals surface area contributed by atoms with E-state index in [2.05, 4.69) is 10.3 Å². The maximum absolute atomic E-state index is 11.8. The smallest absolute Gasteiger partial charge is 0.321 e. The molecule has 0 saturated carbocycles. The van der Waals surface area contributed by atoms with Gasteiger partial charge in [-0.05, 0) is 26.0 Å². The Morgan fingerprint density at radius 2 is 2.19 bits per heavy atom. The summed E-state index contributed by atoms with van der Waals surface area (Å²) < 4.78 is 0. The molecule has 5 nitrogen and oxygen atoms in total. The zero-order valence-corrected chi connectivity index (χ0v) is 9.55. The number of urea groups is 1. The van der Waals surface area contributed by atoms with E-state index in [1.165, 1.54) is 0 Å². The molecule has 88 valence electrons. The molecule has 2 amide bonds. The quantitative estimate of drug-likeness (QED) is 0.809. The van der Waals surface area contributed by atoms with Crippen LogP contribution < -0.4 is 5.32 Å². The molecular weight excluding hydrogens is 206 g/mol. The summed E-state index contributed by atoms with van der Waals surface area (Å²) >= 11 is 0. The topological polar surface area (TPSA) is 65.5 Å². The van der Waals surface area contributed by atoms with Crippen molar-refractivity contribution in [2.75, 3.05) is 18.4 Å². The number of amides is 2. The van der Waals surface area contributed by atoms with Crippen molar-refractivity contribution in [1.29, 1.82) is 0 Å². The number of nitrogens with zero attached hydrogens (tertiary/aromatic N) is 2. The van der Waals surface area contributed by atoms with Crippen molar-refractivity contribution in [1.82, 2.24) is 9.88 Å². The van der Waals surface area contributed by atoms with Gasteiger partial charge in [-0.2, -0.15) is 0 Å². The molecule has 0 bridgehead atoms. The third kappa shape index (κ3) is 3.86. The number of nitrogens with one attached hydrogen (secondary N) is 1. The van der Waals surface area contributed by atoms with E-state index in [0.717, 1.165) is 0 Å². The monoisotopic (exact) mass is 223 g/mol. The summed E-state index contributed by atoms with van der Waals surface area (Å²) in [4.78, 5) is 17.2. The Kier molecular flexibility index (Phi) is 4.72. The molecule has 0 fully saturated rings. The highest BCUT2D eigenvalue weighted by molar-refractivity contribution is 5.89. The van der Waals surface area contributed by atoms with Crippen molar-refractivity contribution in [3.63, 3.8) is 0 Å². The molecule has 2 N–H and O–H groups in total. The minimum absolute atomic E-state index is 0.213. The molecular formula is C11H17N3O2. The van der Waals surface area contributed by atoms with Crippen molar-refractivity contribution < 1.29 is 9.90 Å². The van der Waals surface area contributed by atoms with Gasteiger partial charge >= 0.3 is 6.03 Å². The largest absolute Gasteiger partial charge is 0.392 e. The Morgan fingerprint density at radius 3 is 2.69 bits per heavy atom. The first-order valence-electron chi connectivity index (χ1n) is 5.27. The fraction of sp³-hybridized carbons (Fsp3) is 0.455. The normalized spacial score (nSPS) is 11.9. The van der Waals surface area contributed by atoms with E-state index < -0.39 is 6.10 Å². The maximum Gasteiger partial charge on any atom is 0.321 e. The van der Waals surface area contributed by atoms with Crippen molar-refractivity contribution in [2.45, 2.75) is 20.0 Å². The molecule has 0 radical (unpaired) electrons. The van der Waals surface area contributed by atoms with Gasteiger partial charge < -0.3 is 15.3 Å². The minimum atomic E-state index is -0.525. The van der Waals surface area contributed by atoms with Gasteiger partial charge in [-0.1, -0.05) is 0 Å². The first-order chi connectivity index (χ1) is 7.63. The van der Waals surface area contributed by atoms with Gasteiger partial charge in [0.05, 0.1) is 6.10 Å². The predicted octanol–water partition coefficient (Wildman–Crippen LogP) is 1.32. The Morgan fingerprint density at radius 1 is 1.56 bits per heavy atom. The molecule has 0 aliphatic carbocycles. The van der Waals surface area contributed by atoms with Crippen LogP contribution in [0.15, 0.2) is 24.5 Å². The number of carbonyl (C=O) groups excluding carboxylic acids is 1. The number of aliphatic hydroxyl groups is 1. The number of hydrogen-bond donors (Lipinski definition) is 2. The second-order valence-electron chi connectivity index (χ2n) is 3.55. The number of likely N-dealkylation sites (N-methyl/N-ethyl adjacent to an activating group) is 1. The molecule has 1 atom stereocenters. The highest BCUT2D eigenvalue weighted by atomic mass is 16.3. The van der Waals surface area contributed by atoms with Gasteiger partial charge in [-0.3, -0.25) is 4.98 Å². The molecule has 0 spiro atoms. The van der Waals surface area contributed by atoms with Gasteiger partial charge in [0.25, 0.3) is 0 Å². The lowest BCUT2D eigenvalue weighted by Gasteiger charge is -2.22. The average molecular weight is 223 g/mol. The predicted molar refractivity (Wildman–Crippen MR) is 62.2 cm³/mol. The summed E-state index contributed by atoms with van der Waals surface area (Å²) in [6.07, 6.45) is 2.70. The van der Waals surface area contributed by atoms with E-state index in [0.29, 0.717) is 18.8 Å². The molecule has 0 saturated heterocycles. The first-order valence-corrected chi connectivity index (χ1v) is 5.27. The lowest BCUT2D eigenvalue weighted by atomic mass is 10.3. The lowest BCUT2D eigenvalue weighted by Crippen LogP contribution is -2.39. The number of aliphatic hydroxyl groups excluding tert-OH is 1.